The summed E-state index contributed by atoms with van der Waals surface area (Å²) >= 11 is 0. The van der Waals surface area contributed by atoms with Crippen molar-refractivity contribution < 1.29 is 71.5 Å². The predicted molar refractivity (Wildman–Crippen MR) is 522 cm³/mol. The lowest BCUT2D eigenvalue weighted by molar-refractivity contribution is -0.119. The second kappa shape index (κ2) is 45.9. The monoisotopic (exact) mass is 2070 g/mol. The van der Waals surface area contributed by atoms with E-state index in [-0.39, 0.29) is 69.6 Å². The van der Waals surface area contributed by atoms with Gasteiger partial charge >= 0.3 is 12.1 Å². The number of fused-ring (bicyclic) bond motifs is 5. The SMILES string of the molecule is CC1(C)CN(c2cc(-c3cnc4ccc(C(F)F)nn34)ncn2)CC1CNS(C)(=O)=O.NC(=O)CCC1CCCN(c2cc(-c3cnc4ccc(C(F)F)nn34)ncn2)C1.NC(=O)CCC1CCN(c2cc(-c3cnc4ccc(C(F)F)nn34)ncn2)CC1.NC(=O)NCC1CCCN(c2cc(-c3cnc4ccc(C(F)F)nn34)ncn2)C1.O=C(NC1CC1)NC1CCN(c2cc(-c3cnc4ccc(C(F)F)nn34)ncn2)C1. The van der Waals surface area contributed by atoms with E-state index < -0.39 is 48.2 Å². The lowest BCUT2D eigenvalue weighted by atomic mass is 9.82. The van der Waals surface area contributed by atoms with Gasteiger partial charge in [-0.1, -0.05) is 13.8 Å². The summed E-state index contributed by atoms with van der Waals surface area (Å²) in [7, 11) is -3.27. The summed E-state index contributed by atoms with van der Waals surface area (Å²) in [6, 6.07) is 22.5. The first-order valence-electron chi connectivity index (χ1n) is 47.8. The first-order valence-corrected chi connectivity index (χ1v) is 49.6. The smallest absolute Gasteiger partial charge is 0.315 e. The molecular weight excluding hydrogens is 1970 g/mol. The number of piperidine rings is 3. The number of rotatable bonds is 28. The van der Waals surface area contributed by atoms with Crippen molar-refractivity contribution in [3.63, 3.8) is 0 Å². The van der Waals surface area contributed by atoms with Gasteiger partial charge in [-0.05, 0) is 160 Å². The van der Waals surface area contributed by atoms with Crippen molar-refractivity contribution in [1.29, 1.82) is 0 Å². The van der Waals surface area contributed by atoms with Crippen molar-refractivity contribution in [3.05, 3.63) is 182 Å². The maximum absolute atomic E-state index is 13.1. The highest BCUT2D eigenvalue weighted by atomic mass is 32.2. The van der Waals surface area contributed by atoms with E-state index in [1.165, 1.54) is 121 Å². The highest BCUT2D eigenvalue weighted by Gasteiger charge is 2.41. The van der Waals surface area contributed by atoms with E-state index in [1.54, 1.807) is 43.0 Å². The van der Waals surface area contributed by atoms with Crippen LogP contribution in [0.3, 0.4) is 0 Å². The molecule has 6 aliphatic rings. The van der Waals surface area contributed by atoms with Crippen LogP contribution >= 0.6 is 0 Å². The number of amides is 6. The van der Waals surface area contributed by atoms with Crippen molar-refractivity contribution in [1.82, 2.24) is 144 Å². The normalized spacial score (nSPS) is 17.5. The molecule has 43 nitrogen and oxygen atoms in total. The van der Waals surface area contributed by atoms with Crippen LogP contribution in [-0.4, -0.2) is 252 Å². The number of hydrogen-bond acceptors (Lipinski definition) is 31. The van der Waals surface area contributed by atoms with Gasteiger partial charge in [-0.2, -0.15) is 25.5 Å². The van der Waals surface area contributed by atoms with E-state index in [2.05, 4.69) is 159 Å². The Hall–Kier alpha value is -15.8. The summed E-state index contributed by atoms with van der Waals surface area (Å²) in [5.41, 5.74) is 21.4. The van der Waals surface area contributed by atoms with Crippen LogP contribution in [0, 0.1) is 29.1 Å². The van der Waals surface area contributed by atoms with E-state index in [0.29, 0.717) is 160 Å². The lowest BCUT2D eigenvalue weighted by Gasteiger charge is -2.33. The van der Waals surface area contributed by atoms with Gasteiger partial charge < -0.3 is 57.7 Å². The standard InChI is InChI=1S/C19H20F2N8O.C19H23F2N7O2S.2C19H21F2N7O.C18H20F2N8O/c20-18(21)13-3-4-16-22-8-15(29(16)27-13)14-7-17(24-10-23-14)28-6-5-12(9-28)26-19(30)25-11-1-2-11;1-19(2)10-27(9-12(19)7-25-31(3,29)30)17-6-14(23-11-24-17)15-8-22-16-5-4-13(18(20)21)26-28(15)16;20-19(21)13-2-4-17-23-10-15(28(17)26-13)14-9-18(25-11-24-14)27-7-5-12(6-8-27)1-3-16(22)29;20-19(21)13-4-6-17-23-9-15(28(17)26-13)14-8-18(25-11-24-14)27-7-1-2-12(10-27)3-5-16(22)29;19-17(20)12-3-4-15-22-8-14(28(15)26-12)13-6-16(25-10-24-13)27-5-1-2-11(9-27)7-23-18(21)29/h3-4,7-8,10-12,18H,1-2,5-6,9H2,(H2,25,26,30);4-6,8,11-12,18,25H,7,9-10H2,1-3H3;2,4,9-12,19H,1,3,5-8H2,(H2,22,29);4,6,8-9,11-12,19H,1-3,5,7,10H2,(H2,22,29);3-4,6,8,10-11,17H,1-2,5,7,9H2,(H3,21,23,29). The summed E-state index contributed by atoms with van der Waals surface area (Å²) in [6.07, 6.45) is 14.0. The van der Waals surface area contributed by atoms with Gasteiger partial charge in [0, 0.05) is 134 Å². The molecule has 5 saturated heterocycles. The third-order valence-corrected chi connectivity index (χ3v) is 26.9. The fourth-order valence-corrected chi connectivity index (χ4v) is 18.7. The minimum Gasteiger partial charge on any atom is -0.370 e. The minimum absolute atomic E-state index is 0.0354. The molecule has 148 heavy (non-hydrogen) atoms. The lowest BCUT2D eigenvalue weighted by Crippen LogP contribution is -2.44. The Kier molecular flexibility index (Phi) is 32.1. The number of nitrogens with two attached hydrogens (primary N) is 3. The molecule has 0 aromatic carbocycles. The van der Waals surface area contributed by atoms with Crippen molar-refractivity contribution >= 4 is 91.2 Å². The van der Waals surface area contributed by atoms with E-state index >= 15 is 0 Å². The third kappa shape index (κ3) is 25.8. The molecule has 21 rings (SSSR count). The Labute approximate surface area is 838 Å². The quantitative estimate of drug-likeness (QED) is 0.0224. The number of halogens is 10. The third-order valence-electron chi connectivity index (χ3n) is 26.2. The Balaban J connectivity index is 0.000000126. The van der Waals surface area contributed by atoms with Gasteiger partial charge in [0.05, 0.1) is 65.7 Å². The number of urea groups is 2. The Morgan fingerprint density at radius 3 is 1.04 bits per heavy atom. The average Bonchev–Trinajstić information content (AvgIpc) is 1.62. The number of carbonyl (C=O) groups excluding carboxylic acids is 4. The first kappa shape index (κ1) is 104. The van der Waals surface area contributed by atoms with Crippen molar-refractivity contribution in [3.8, 4) is 56.9 Å². The summed E-state index contributed by atoms with van der Waals surface area (Å²) in [6.45, 7) is 12.5. The van der Waals surface area contributed by atoms with Crippen molar-refractivity contribution in [2.45, 2.75) is 142 Å². The van der Waals surface area contributed by atoms with Gasteiger partial charge in [-0.3, -0.25) is 9.59 Å². The molecule has 15 aromatic rings. The van der Waals surface area contributed by atoms with E-state index in [0.717, 1.165) is 140 Å². The van der Waals surface area contributed by atoms with Gasteiger partial charge in [-0.25, -0.2) is 164 Å². The van der Waals surface area contributed by atoms with Crippen LogP contribution in [0.15, 0.2) is 154 Å². The van der Waals surface area contributed by atoms with E-state index in [4.69, 9.17) is 17.2 Å². The number of sulfonamides is 1. The molecule has 0 radical (unpaired) electrons. The van der Waals surface area contributed by atoms with Crippen molar-refractivity contribution in [2.24, 2.45) is 46.3 Å². The molecular formula is C94H105F10N37O6S. The zero-order valence-electron chi connectivity index (χ0n) is 80.2. The number of primary amides is 3. The maximum atomic E-state index is 13.1. The zero-order valence-corrected chi connectivity index (χ0v) is 81.1. The van der Waals surface area contributed by atoms with Gasteiger partial charge in [0.1, 0.15) is 118 Å². The highest BCUT2D eigenvalue weighted by Crippen LogP contribution is 2.40. The number of aromatic nitrogens is 25. The zero-order chi connectivity index (χ0) is 104. The molecule has 4 atom stereocenters. The molecule has 20 heterocycles. The number of hydrogen-bond donors (Lipinski definition) is 7. The van der Waals surface area contributed by atoms with E-state index in [9.17, 15) is 71.5 Å². The number of nitrogens with one attached hydrogen (secondary N) is 4. The summed E-state index contributed by atoms with van der Waals surface area (Å²) < 4.78 is 163. The van der Waals surface area contributed by atoms with Crippen molar-refractivity contribution in [2.75, 3.05) is 109 Å². The fraction of sp³-hybridized carbons (Fsp3) is 0.426. The van der Waals surface area contributed by atoms with Crippen LogP contribution in [0.1, 0.15) is 158 Å². The second-order valence-electron chi connectivity index (χ2n) is 37.3. The maximum Gasteiger partial charge on any atom is 0.315 e. The van der Waals surface area contributed by atoms with Crippen LogP contribution in [0.2, 0.25) is 0 Å². The van der Waals surface area contributed by atoms with Gasteiger partial charge in [0.15, 0.2) is 28.2 Å². The van der Waals surface area contributed by atoms with Crippen LogP contribution in [0.5, 0.6) is 0 Å². The molecule has 1 saturated carbocycles. The molecule has 6 amide bonds. The largest absolute Gasteiger partial charge is 0.370 e. The number of nitrogens with zero attached hydrogens (tertiary/aromatic N) is 30. The predicted octanol–water partition coefficient (Wildman–Crippen LogP) is 11.5. The highest BCUT2D eigenvalue weighted by molar-refractivity contribution is 7.88. The topological polar surface area (TPSA) is 525 Å². The van der Waals surface area contributed by atoms with Gasteiger partial charge in [-0.15, -0.1) is 0 Å². The minimum atomic E-state index is -3.27. The fourth-order valence-electron chi connectivity index (χ4n) is 18.2. The van der Waals surface area contributed by atoms with E-state index in [1.807, 2.05) is 12.1 Å². The number of anilines is 5. The van der Waals surface area contributed by atoms with Crippen LogP contribution in [0.4, 0.5) is 82.6 Å². The van der Waals surface area contributed by atoms with Crippen LogP contribution in [-0.2, 0) is 19.6 Å². The second-order valence-corrected chi connectivity index (χ2v) is 39.1. The molecule has 778 valence electrons. The number of imidazole rings is 5. The summed E-state index contributed by atoms with van der Waals surface area (Å²) in [5.74, 6) is 4.27. The van der Waals surface area contributed by atoms with Crippen LogP contribution < -0.4 is 62.4 Å². The van der Waals surface area contributed by atoms with Crippen LogP contribution in [0.25, 0.3) is 85.2 Å². The number of alkyl halides is 10. The Morgan fingerprint density at radius 2 is 0.696 bits per heavy atom. The first-order chi connectivity index (χ1) is 71.1. The Bertz CT molecular complexity index is 7170. The molecule has 10 N–H and O–H groups in total. The van der Waals surface area contributed by atoms with Gasteiger partial charge in [0.2, 0.25) is 21.8 Å². The Morgan fingerprint density at radius 1 is 0.372 bits per heavy atom. The molecule has 5 aliphatic heterocycles. The molecule has 0 bridgehead atoms. The molecule has 1 aliphatic carbocycles. The van der Waals surface area contributed by atoms with Gasteiger partial charge in [0.25, 0.3) is 32.1 Å². The number of carbonyl (C=O) groups is 4. The summed E-state index contributed by atoms with van der Waals surface area (Å²) in [4.78, 5) is 120. The molecule has 54 heteroatoms. The summed E-state index contributed by atoms with van der Waals surface area (Å²) in [5, 5.41) is 28.5. The molecule has 6 fully saturated rings. The average molecular weight is 2070 g/mol. The molecule has 15 aromatic heterocycles. The molecule has 4 unspecified atom stereocenters. The molecule has 0 spiro atoms.